The smallest absolute Gasteiger partial charge is 0.418 e. The Labute approximate surface area is 174 Å². The highest BCUT2D eigenvalue weighted by Gasteiger charge is 2.35. The molecule has 1 aliphatic rings. The fourth-order valence-corrected chi connectivity index (χ4v) is 3.69. The molecule has 0 spiro atoms. The standard InChI is InChI=1S/C21H29F3N2O4/c1-12(13-6-5-7-15(10-13)26-19(29)30-20(2,3)4)25-17-11-14(18(27)28)8-9-16(17)21(22,23)24/h8-9,11-13,15,25H,5-7,10H2,1-4H3,(H,26,29)(H,27,28)/t12-,13-,15+/m0/s1. The molecule has 3 N–H and O–H groups in total. The summed E-state index contributed by atoms with van der Waals surface area (Å²) in [7, 11) is 0. The van der Waals surface area contributed by atoms with E-state index >= 15 is 0 Å². The van der Waals surface area contributed by atoms with E-state index in [0.29, 0.717) is 6.42 Å². The second kappa shape index (κ2) is 9.14. The SMILES string of the molecule is C[C@H](Nc1cc(C(=O)O)ccc1C(F)(F)F)[C@H]1CCC[C@@H](NC(=O)OC(C)(C)C)C1. The number of anilines is 1. The van der Waals surface area contributed by atoms with E-state index in [4.69, 9.17) is 9.84 Å². The third kappa shape index (κ3) is 6.81. The van der Waals surface area contributed by atoms with Gasteiger partial charge in [-0.25, -0.2) is 9.59 Å². The molecule has 0 aliphatic heterocycles. The van der Waals surface area contributed by atoms with Gasteiger partial charge in [-0.15, -0.1) is 0 Å². The van der Waals surface area contributed by atoms with Crippen LogP contribution in [0.25, 0.3) is 0 Å². The van der Waals surface area contributed by atoms with E-state index in [1.807, 2.05) is 0 Å². The van der Waals surface area contributed by atoms with Crippen LogP contribution in [0.2, 0.25) is 0 Å². The van der Waals surface area contributed by atoms with Crippen LogP contribution in [0.4, 0.5) is 23.7 Å². The molecule has 0 saturated heterocycles. The fraction of sp³-hybridized carbons (Fsp3) is 0.619. The molecule has 1 saturated carbocycles. The van der Waals surface area contributed by atoms with Crippen LogP contribution in [0.15, 0.2) is 18.2 Å². The summed E-state index contributed by atoms with van der Waals surface area (Å²) in [6, 6.07) is 2.27. The van der Waals surface area contributed by atoms with E-state index in [2.05, 4.69) is 10.6 Å². The van der Waals surface area contributed by atoms with E-state index in [0.717, 1.165) is 37.5 Å². The van der Waals surface area contributed by atoms with Gasteiger partial charge in [-0.3, -0.25) is 0 Å². The summed E-state index contributed by atoms with van der Waals surface area (Å²) in [6.07, 6.45) is -2.15. The first-order chi connectivity index (χ1) is 13.8. The number of ether oxygens (including phenoxy) is 1. The van der Waals surface area contributed by atoms with Gasteiger partial charge in [-0.05, 0) is 71.1 Å². The third-order valence-electron chi connectivity index (χ3n) is 5.10. The summed E-state index contributed by atoms with van der Waals surface area (Å²) in [5, 5.41) is 14.8. The van der Waals surface area contributed by atoms with Crippen molar-refractivity contribution < 1.29 is 32.6 Å². The average molecular weight is 430 g/mol. The van der Waals surface area contributed by atoms with Gasteiger partial charge in [0.2, 0.25) is 0 Å². The van der Waals surface area contributed by atoms with E-state index in [1.165, 1.54) is 0 Å². The molecule has 1 aliphatic carbocycles. The van der Waals surface area contributed by atoms with Gasteiger partial charge >= 0.3 is 18.2 Å². The molecule has 30 heavy (non-hydrogen) atoms. The van der Waals surface area contributed by atoms with Crippen LogP contribution in [0.1, 0.15) is 69.3 Å². The number of amides is 1. The number of alkyl carbamates (subject to hydrolysis) is 1. The molecule has 9 heteroatoms. The van der Waals surface area contributed by atoms with Crippen molar-refractivity contribution in [2.45, 2.75) is 77.2 Å². The molecular weight excluding hydrogens is 401 g/mol. The number of nitrogens with one attached hydrogen (secondary N) is 2. The van der Waals surface area contributed by atoms with Crippen molar-refractivity contribution in [1.29, 1.82) is 0 Å². The first-order valence-electron chi connectivity index (χ1n) is 9.97. The van der Waals surface area contributed by atoms with Gasteiger partial charge in [-0.1, -0.05) is 6.42 Å². The number of carboxylic acid groups (broad SMARTS) is 1. The van der Waals surface area contributed by atoms with Crippen molar-refractivity contribution in [3.63, 3.8) is 0 Å². The predicted octanol–water partition coefficient (Wildman–Crippen LogP) is 5.29. The first-order valence-corrected chi connectivity index (χ1v) is 9.97. The lowest BCUT2D eigenvalue weighted by atomic mass is 9.81. The van der Waals surface area contributed by atoms with Crippen LogP contribution >= 0.6 is 0 Å². The molecule has 6 nitrogen and oxygen atoms in total. The van der Waals surface area contributed by atoms with Crippen molar-refractivity contribution in [3.8, 4) is 0 Å². The van der Waals surface area contributed by atoms with E-state index in [-0.39, 0.29) is 29.3 Å². The zero-order valence-electron chi connectivity index (χ0n) is 17.6. The number of halogens is 3. The van der Waals surface area contributed by atoms with Gasteiger partial charge in [0.25, 0.3) is 0 Å². The summed E-state index contributed by atoms with van der Waals surface area (Å²) >= 11 is 0. The summed E-state index contributed by atoms with van der Waals surface area (Å²) < 4.78 is 45.4. The molecular formula is C21H29F3N2O4. The van der Waals surface area contributed by atoms with Crippen LogP contribution in [0.3, 0.4) is 0 Å². The van der Waals surface area contributed by atoms with Gasteiger partial charge in [0, 0.05) is 17.8 Å². The maximum Gasteiger partial charge on any atom is 0.418 e. The lowest BCUT2D eigenvalue weighted by molar-refractivity contribution is -0.137. The minimum atomic E-state index is -4.60. The number of hydrogen-bond acceptors (Lipinski definition) is 4. The predicted molar refractivity (Wildman–Crippen MR) is 107 cm³/mol. The molecule has 2 rings (SSSR count). The largest absolute Gasteiger partial charge is 0.478 e. The Bertz CT molecular complexity index is 774. The van der Waals surface area contributed by atoms with E-state index < -0.39 is 29.4 Å². The lowest BCUT2D eigenvalue weighted by Gasteiger charge is -2.35. The number of benzene rings is 1. The first kappa shape index (κ1) is 23.8. The molecule has 3 atom stereocenters. The van der Waals surface area contributed by atoms with Gasteiger partial charge in [0.05, 0.1) is 11.1 Å². The summed E-state index contributed by atoms with van der Waals surface area (Å²) in [6.45, 7) is 7.08. The highest BCUT2D eigenvalue weighted by Crippen LogP contribution is 2.37. The molecule has 0 radical (unpaired) electrons. The number of rotatable bonds is 5. The monoisotopic (exact) mass is 430 g/mol. The Balaban J connectivity index is 2.10. The Hall–Kier alpha value is -2.45. The van der Waals surface area contributed by atoms with Crippen LogP contribution in [-0.4, -0.2) is 34.9 Å². The second-order valence-corrected chi connectivity index (χ2v) is 8.77. The van der Waals surface area contributed by atoms with Gasteiger partial charge < -0.3 is 20.5 Å². The Morgan fingerprint density at radius 2 is 1.87 bits per heavy atom. The molecule has 1 aromatic carbocycles. The Kier molecular flexibility index (Phi) is 7.26. The van der Waals surface area contributed by atoms with Crippen LogP contribution in [0.5, 0.6) is 0 Å². The van der Waals surface area contributed by atoms with Crippen molar-refractivity contribution >= 4 is 17.7 Å². The summed E-state index contributed by atoms with van der Waals surface area (Å²) in [4.78, 5) is 23.2. The Morgan fingerprint density at radius 1 is 1.20 bits per heavy atom. The van der Waals surface area contributed by atoms with Crippen LogP contribution in [-0.2, 0) is 10.9 Å². The lowest BCUT2D eigenvalue weighted by Crippen LogP contribution is -2.43. The number of carbonyl (C=O) groups is 2. The second-order valence-electron chi connectivity index (χ2n) is 8.77. The summed E-state index contributed by atoms with van der Waals surface area (Å²) in [5.41, 5.74) is -1.99. The molecule has 0 unspecified atom stereocenters. The van der Waals surface area contributed by atoms with Gasteiger partial charge in [-0.2, -0.15) is 13.2 Å². The normalized spacial score (nSPS) is 20.9. The number of carboxylic acids is 1. The third-order valence-corrected chi connectivity index (χ3v) is 5.10. The average Bonchev–Trinajstić information content (AvgIpc) is 2.59. The zero-order valence-corrected chi connectivity index (χ0v) is 17.6. The highest BCUT2D eigenvalue weighted by molar-refractivity contribution is 5.89. The maximum absolute atomic E-state index is 13.4. The molecule has 1 amide bonds. The molecule has 1 aromatic rings. The van der Waals surface area contributed by atoms with E-state index in [9.17, 15) is 22.8 Å². The summed E-state index contributed by atoms with van der Waals surface area (Å²) in [5.74, 6) is -1.29. The fourth-order valence-electron chi connectivity index (χ4n) is 3.69. The number of alkyl halides is 3. The molecule has 168 valence electrons. The molecule has 1 fully saturated rings. The van der Waals surface area contributed by atoms with Crippen molar-refractivity contribution in [3.05, 3.63) is 29.3 Å². The van der Waals surface area contributed by atoms with Gasteiger partial charge in [0.1, 0.15) is 5.60 Å². The topological polar surface area (TPSA) is 87.7 Å². The minimum absolute atomic E-state index is 0.00764. The molecule has 0 bridgehead atoms. The van der Waals surface area contributed by atoms with Crippen molar-refractivity contribution in [2.75, 3.05) is 5.32 Å². The minimum Gasteiger partial charge on any atom is -0.478 e. The Morgan fingerprint density at radius 3 is 2.43 bits per heavy atom. The maximum atomic E-state index is 13.4. The van der Waals surface area contributed by atoms with Crippen molar-refractivity contribution in [2.24, 2.45) is 5.92 Å². The molecule has 0 aromatic heterocycles. The van der Waals surface area contributed by atoms with Crippen LogP contribution in [0, 0.1) is 5.92 Å². The van der Waals surface area contributed by atoms with Crippen molar-refractivity contribution in [1.82, 2.24) is 5.32 Å². The van der Waals surface area contributed by atoms with E-state index in [1.54, 1.807) is 27.7 Å². The molecule has 0 heterocycles. The van der Waals surface area contributed by atoms with Crippen LogP contribution < -0.4 is 10.6 Å². The number of carbonyl (C=O) groups excluding carboxylic acids is 1. The highest BCUT2D eigenvalue weighted by atomic mass is 19.4. The zero-order chi connectivity index (χ0) is 22.7. The number of aromatic carboxylic acids is 1. The quantitative estimate of drug-likeness (QED) is 0.591. The van der Waals surface area contributed by atoms with Gasteiger partial charge in [0.15, 0.2) is 0 Å². The number of hydrogen-bond donors (Lipinski definition) is 3.